The fourth-order valence-electron chi connectivity index (χ4n) is 3.29. The molecule has 2 N–H and O–H groups in total. The molecular weight excluding hydrogens is 447 g/mol. The number of benzene rings is 1. The lowest BCUT2D eigenvalue weighted by molar-refractivity contribution is 0.0601. The predicted molar refractivity (Wildman–Crippen MR) is 108 cm³/mol. The summed E-state index contributed by atoms with van der Waals surface area (Å²) in [5.41, 5.74) is -0.188. The molecule has 0 spiro atoms. The Morgan fingerprint density at radius 3 is 2.07 bits per heavy atom. The van der Waals surface area contributed by atoms with E-state index in [0.29, 0.717) is 6.42 Å². The predicted octanol–water partition coefficient (Wildman–Crippen LogP) is 5.70. The number of carbonyl (C=O) groups excluding carboxylic acids is 1. The van der Waals surface area contributed by atoms with Crippen molar-refractivity contribution >= 4 is 45.3 Å². The maximum atomic E-state index is 13.9. The standard InChI is InChI=1S/C19H17F5N2O2S2/c1-28-18(27)10-8-6-4-2-3-5-7-9(8)30-17(10)26-19(29)25-16-14(23)12(21)11(20)13(22)15(16)24/h2-7H2,1H3,(H2,25,26,29). The van der Waals surface area contributed by atoms with Crippen LogP contribution in [0.3, 0.4) is 0 Å². The van der Waals surface area contributed by atoms with E-state index >= 15 is 0 Å². The average molecular weight is 464 g/mol. The van der Waals surface area contributed by atoms with Gasteiger partial charge in [0.25, 0.3) is 0 Å². The van der Waals surface area contributed by atoms with Gasteiger partial charge in [0.05, 0.1) is 12.7 Å². The normalized spacial score (nSPS) is 13.8. The van der Waals surface area contributed by atoms with Crippen LogP contribution in [0.25, 0.3) is 0 Å². The van der Waals surface area contributed by atoms with E-state index in [1.165, 1.54) is 18.4 Å². The Kier molecular flexibility index (Phi) is 6.91. The van der Waals surface area contributed by atoms with Crippen molar-refractivity contribution in [2.45, 2.75) is 38.5 Å². The number of nitrogens with one attached hydrogen (secondary N) is 2. The molecule has 0 amide bonds. The van der Waals surface area contributed by atoms with Gasteiger partial charge < -0.3 is 15.4 Å². The molecule has 0 fully saturated rings. The molecule has 0 radical (unpaired) electrons. The highest BCUT2D eigenvalue weighted by atomic mass is 32.1. The topological polar surface area (TPSA) is 50.4 Å². The van der Waals surface area contributed by atoms with Crippen molar-refractivity contribution in [1.82, 2.24) is 0 Å². The first-order valence-corrected chi connectivity index (χ1v) is 10.3. The molecule has 0 saturated heterocycles. The van der Waals surface area contributed by atoms with Crippen molar-refractivity contribution < 1.29 is 31.5 Å². The van der Waals surface area contributed by atoms with Gasteiger partial charge in [-0.25, -0.2) is 26.7 Å². The quantitative estimate of drug-likeness (QED) is 0.201. The van der Waals surface area contributed by atoms with Gasteiger partial charge in [-0.1, -0.05) is 12.8 Å². The minimum Gasteiger partial charge on any atom is -0.465 e. The molecule has 1 aliphatic carbocycles. The summed E-state index contributed by atoms with van der Waals surface area (Å²) in [6.07, 6.45) is 5.34. The molecule has 11 heteroatoms. The van der Waals surface area contributed by atoms with E-state index in [0.717, 1.165) is 42.5 Å². The first-order chi connectivity index (χ1) is 14.3. The molecule has 0 unspecified atom stereocenters. The summed E-state index contributed by atoms with van der Waals surface area (Å²) in [5, 5.41) is 4.50. The molecular formula is C19H17F5N2O2S2. The van der Waals surface area contributed by atoms with Crippen LogP contribution < -0.4 is 10.6 Å². The van der Waals surface area contributed by atoms with Crippen molar-refractivity contribution in [2.24, 2.45) is 0 Å². The number of aryl methyl sites for hydroxylation is 1. The van der Waals surface area contributed by atoms with Crippen LogP contribution in [0.4, 0.5) is 32.6 Å². The molecule has 30 heavy (non-hydrogen) atoms. The van der Waals surface area contributed by atoms with Gasteiger partial charge in [0.1, 0.15) is 10.7 Å². The number of fused-ring (bicyclic) bond motifs is 1. The van der Waals surface area contributed by atoms with Crippen LogP contribution in [0.5, 0.6) is 0 Å². The highest BCUT2D eigenvalue weighted by Crippen LogP contribution is 2.38. The molecule has 0 atom stereocenters. The molecule has 2 aromatic rings. The summed E-state index contributed by atoms with van der Waals surface area (Å²) in [7, 11) is 1.23. The van der Waals surface area contributed by atoms with Gasteiger partial charge in [0, 0.05) is 4.88 Å². The van der Waals surface area contributed by atoms with Crippen molar-refractivity contribution in [3.8, 4) is 0 Å². The summed E-state index contributed by atoms with van der Waals surface area (Å²) in [6, 6.07) is 0. The second-order valence-corrected chi connectivity index (χ2v) is 8.15. The molecule has 3 rings (SSSR count). The monoisotopic (exact) mass is 464 g/mol. The van der Waals surface area contributed by atoms with Crippen LogP contribution >= 0.6 is 23.6 Å². The van der Waals surface area contributed by atoms with Gasteiger partial charge in [-0.3, -0.25) is 0 Å². The Hall–Kier alpha value is -2.27. The largest absolute Gasteiger partial charge is 0.465 e. The van der Waals surface area contributed by atoms with Crippen molar-refractivity contribution in [1.29, 1.82) is 0 Å². The molecule has 4 nitrogen and oxygen atoms in total. The van der Waals surface area contributed by atoms with Gasteiger partial charge in [0.2, 0.25) is 5.82 Å². The van der Waals surface area contributed by atoms with Gasteiger partial charge in [0.15, 0.2) is 28.4 Å². The molecule has 162 valence electrons. The number of carbonyl (C=O) groups is 1. The third-order valence-electron chi connectivity index (χ3n) is 4.74. The van der Waals surface area contributed by atoms with Crippen LogP contribution in [0, 0.1) is 29.1 Å². The Morgan fingerprint density at radius 1 is 0.900 bits per heavy atom. The van der Waals surface area contributed by atoms with Crippen LogP contribution in [0.15, 0.2) is 0 Å². The van der Waals surface area contributed by atoms with E-state index < -0.39 is 45.9 Å². The third kappa shape index (κ3) is 4.27. The number of methoxy groups -OCH3 is 1. The summed E-state index contributed by atoms with van der Waals surface area (Å²) in [6.45, 7) is 0. The zero-order valence-corrected chi connectivity index (χ0v) is 17.4. The minimum absolute atomic E-state index is 0.265. The lowest BCUT2D eigenvalue weighted by atomic mass is 9.96. The minimum atomic E-state index is -2.26. The molecule has 1 aliphatic rings. The van der Waals surface area contributed by atoms with E-state index in [9.17, 15) is 26.7 Å². The second-order valence-electron chi connectivity index (χ2n) is 6.64. The maximum absolute atomic E-state index is 13.9. The molecule has 0 aliphatic heterocycles. The fourth-order valence-corrected chi connectivity index (χ4v) is 4.84. The second kappa shape index (κ2) is 9.25. The zero-order valence-electron chi connectivity index (χ0n) is 15.8. The summed E-state index contributed by atoms with van der Waals surface area (Å²) < 4.78 is 72.7. The molecule has 1 heterocycles. The van der Waals surface area contributed by atoms with Crippen molar-refractivity contribution in [3.05, 3.63) is 45.1 Å². The number of thiocarbonyl (C=S) groups is 1. The number of hydrogen-bond acceptors (Lipinski definition) is 4. The molecule has 0 bridgehead atoms. The number of thiophene rings is 1. The molecule has 0 saturated carbocycles. The van der Waals surface area contributed by atoms with Crippen LogP contribution in [0.1, 0.15) is 46.5 Å². The number of hydrogen-bond donors (Lipinski definition) is 2. The molecule has 1 aromatic heterocycles. The van der Waals surface area contributed by atoms with Crippen LogP contribution in [-0.2, 0) is 17.6 Å². The van der Waals surface area contributed by atoms with Gasteiger partial charge >= 0.3 is 5.97 Å². The molecule has 1 aromatic carbocycles. The summed E-state index contributed by atoms with van der Waals surface area (Å²) in [4.78, 5) is 13.3. The van der Waals surface area contributed by atoms with Gasteiger partial charge in [-0.05, 0) is 43.5 Å². The number of anilines is 2. The van der Waals surface area contributed by atoms with Crippen LogP contribution in [-0.4, -0.2) is 18.2 Å². The summed E-state index contributed by atoms with van der Waals surface area (Å²) in [5.74, 6) is -11.1. The van der Waals surface area contributed by atoms with E-state index in [1.54, 1.807) is 0 Å². The Morgan fingerprint density at radius 2 is 1.47 bits per heavy atom. The number of halogens is 5. The lowest BCUT2D eigenvalue weighted by Gasteiger charge is -2.13. The lowest BCUT2D eigenvalue weighted by Crippen LogP contribution is -2.22. The van der Waals surface area contributed by atoms with E-state index in [1.807, 2.05) is 5.32 Å². The van der Waals surface area contributed by atoms with Crippen LogP contribution in [0.2, 0.25) is 0 Å². The number of esters is 1. The number of rotatable bonds is 3. The Labute approximate surface area is 178 Å². The first kappa shape index (κ1) is 22.4. The Balaban J connectivity index is 1.92. The van der Waals surface area contributed by atoms with E-state index in [4.69, 9.17) is 17.0 Å². The average Bonchev–Trinajstić information content (AvgIpc) is 3.03. The van der Waals surface area contributed by atoms with Gasteiger partial charge in [-0.15, -0.1) is 11.3 Å². The highest BCUT2D eigenvalue weighted by Gasteiger charge is 2.28. The first-order valence-electron chi connectivity index (χ1n) is 9.08. The smallest absolute Gasteiger partial charge is 0.341 e. The fraction of sp³-hybridized carbons (Fsp3) is 0.368. The highest BCUT2D eigenvalue weighted by molar-refractivity contribution is 7.80. The van der Waals surface area contributed by atoms with E-state index in [2.05, 4.69) is 5.32 Å². The maximum Gasteiger partial charge on any atom is 0.341 e. The van der Waals surface area contributed by atoms with Crippen molar-refractivity contribution in [3.63, 3.8) is 0 Å². The summed E-state index contributed by atoms with van der Waals surface area (Å²) >= 11 is 6.24. The number of ether oxygens (including phenoxy) is 1. The third-order valence-corrected chi connectivity index (χ3v) is 6.15. The van der Waals surface area contributed by atoms with E-state index in [-0.39, 0.29) is 10.6 Å². The Bertz CT molecular complexity index is 981. The zero-order chi connectivity index (χ0) is 22.0. The van der Waals surface area contributed by atoms with Crippen molar-refractivity contribution in [2.75, 3.05) is 17.7 Å². The SMILES string of the molecule is COC(=O)c1c(NC(=S)Nc2c(F)c(F)c(F)c(F)c2F)sc2c1CCCCCC2. The van der Waals surface area contributed by atoms with Gasteiger partial charge in [-0.2, -0.15) is 0 Å².